The number of quaternary nitrogens is 2. The van der Waals surface area contributed by atoms with Crippen LogP contribution in [0.3, 0.4) is 0 Å². The van der Waals surface area contributed by atoms with Gasteiger partial charge in [-0.2, -0.15) is 0 Å². The van der Waals surface area contributed by atoms with Crippen LogP contribution in [0.4, 0.5) is 5.69 Å². The number of halogens is 1. The van der Waals surface area contributed by atoms with Gasteiger partial charge >= 0.3 is 0 Å². The molecule has 0 aromatic heterocycles. The molecule has 6 nitrogen and oxygen atoms in total. The van der Waals surface area contributed by atoms with E-state index in [0.717, 1.165) is 31.1 Å². The molecule has 7 heteroatoms. The van der Waals surface area contributed by atoms with Crippen molar-refractivity contribution in [2.75, 3.05) is 38.5 Å². The molecule has 1 aliphatic heterocycles. The fourth-order valence-electron chi connectivity index (χ4n) is 2.70. The van der Waals surface area contributed by atoms with Gasteiger partial charge in [0.2, 0.25) is 5.91 Å². The zero-order valence-electron chi connectivity index (χ0n) is 12.5. The molecular weight excluding hydrogens is 306 g/mol. The number of carboxylic acid groups (broad SMARTS) is 1. The zero-order chi connectivity index (χ0) is 16.1. The highest BCUT2D eigenvalue weighted by Crippen LogP contribution is 2.15. The number of benzene rings is 1. The minimum Gasteiger partial charge on any atom is -0.544 e. The molecule has 2 rings (SSSR count). The number of carbonyl (C=O) groups is 2. The lowest BCUT2D eigenvalue weighted by atomic mass is 10.1. The Morgan fingerprint density at radius 2 is 2.00 bits per heavy atom. The standard InChI is InChI=1S/C15H20ClN3O3/c1-18-5-7-19(8-6-18)13(15(21)22)10-14(20)17-12-4-2-3-11(16)9-12/h2-4,9,13H,5-8,10H2,1H3,(H,17,20)(H,21,22)/p+1/t13-/m1/s1. The Hall–Kier alpha value is -1.63. The summed E-state index contributed by atoms with van der Waals surface area (Å²) in [6.45, 7) is 3.26. The summed E-state index contributed by atoms with van der Waals surface area (Å²) in [6.07, 6.45) is -0.0940. The molecule has 0 aliphatic carbocycles. The van der Waals surface area contributed by atoms with Crippen LogP contribution >= 0.6 is 11.6 Å². The van der Waals surface area contributed by atoms with Crippen molar-refractivity contribution in [3.8, 4) is 0 Å². The zero-order valence-corrected chi connectivity index (χ0v) is 13.3. The van der Waals surface area contributed by atoms with Crippen LogP contribution in [-0.4, -0.2) is 51.1 Å². The molecule has 0 saturated carbocycles. The summed E-state index contributed by atoms with van der Waals surface area (Å²) >= 11 is 5.86. The van der Waals surface area contributed by atoms with Gasteiger partial charge in [-0.25, -0.2) is 0 Å². The average Bonchev–Trinajstić information content (AvgIpc) is 2.45. The third-order valence-corrected chi connectivity index (χ3v) is 4.26. The van der Waals surface area contributed by atoms with E-state index in [0.29, 0.717) is 10.7 Å². The van der Waals surface area contributed by atoms with Crippen LogP contribution in [0.5, 0.6) is 0 Å². The van der Waals surface area contributed by atoms with E-state index in [2.05, 4.69) is 12.4 Å². The van der Waals surface area contributed by atoms with Gasteiger partial charge in [0, 0.05) is 10.7 Å². The van der Waals surface area contributed by atoms with Crippen molar-refractivity contribution < 1.29 is 24.5 Å². The first kappa shape index (κ1) is 16.7. The second-order valence-corrected chi connectivity index (χ2v) is 6.19. The Balaban J connectivity index is 1.95. The molecule has 0 unspecified atom stereocenters. The van der Waals surface area contributed by atoms with Crippen LogP contribution in [-0.2, 0) is 9.59 Å². The number of anilines is 1. The van der Waals surface area contributed by atoms with Gasteiger partial charge in [-0.05, 0) is 18.2 Å². The molecule has 0 radical (unpaired) electrons. The molecule has 1 saturated heterocycles. The monoisotopic (exact) mass is 326 g/mol. The van der Waals surface area contributed by atoms with E-state index in [1.165, 1.54) is 4.90 Å². The first-order chi connectivity index (χ1) is 10.5. The van der Waals surface area contributed by atoms with Crippen molar-refractivity contribution in [3.63, 3.8) is 0 Å². The average molecular weight is 327 g/mol. The van der Waals surface area contributed by atoms with Gasteiger partial charge < -0.3 is 25.0 Å². The summed E-state index contributed by atoms with van der Waals surface area (Å²) in [7, 11) is 2.08. The highest BCUT2D eigenvalue weighted by atomic mass is 35.5. The van der Waals surface area contributed by atoms with Crippen molar-refractivity contribution >= 4 is 29.2 Å². The van der Waals surface area contributed by atoms with Gasteiger partial charge in [0.15, 0.2) is 0 Å². The quantitative estimate of drug-likeness (QED) is 0.547. The molecule has 0 spiro atoms. The van der Waals surface area contributed by atoms with Crippen molar-refractivity contribution in [3.05, 3.63) is 29.3 Å². The van der Waals surface area contributed by atoms with Crippen LogP contribution < -0.4 is 20.2 Å². The highest BCUT2D eigenvalue weighted by molar-refractivity contribution is 6.30. The van der Waals surface area contributed by atoms with Crippen molar-refractivity contribution in [2.24, 2.45) is 0 Å². The number of rotatable bonds is 5. The Kier molecular flexibility index (Phi) is 5.76. The molecule has 1 aromatic rings. The summed E-state index contributed by atoms with van der Waals surface area (Å²) in [5, 5.41) is 14.6. The number of amides is 1. The second kappa shape index (κ2) is 7.58. The Morgan fingerprint density at radius 3 is 2.59 bits per heavy atom. The van der Waals surface area contributed by atoms with E-state index in [4.69, 9.17) is 11.6 Å². The maximum Gasteiger partial charge on any atom is 0.230 e. The number of carboxylic acids is 1. The third kappa shape index (κ3) is 4.69. The van der Waals surface area contributed by atoms with E-state index >= 15 is 0 Å². The number of aliphatic carboxylic acids is 1. The largest absolute Gasteiger partial charge is 0.544 e. The fraction of sp³-hybridized carbons (Fsp3) is 0.467. The maximum absolute atomic E-state index is 12.1. The summed E-state index contributed by atoms with van der Waals surface area (Å²) < 4.78 is 0. The predicted octanol–water partition coefficient (Wildman–Crippen LogP) is -2.80. The molecule has 1 atom stereocenters. The molecular formula is C15H21ClN3O3+. The topological polar surface area (TPSA) is 78.1 Å². The molecule has 120 valence electrons. The lowest BCUT2D eigenvalue weighted by Crippen LogP contribution is -3.29. The summed E-state index contributed by atoms with van der Waals surface area (Å²) in [5.74, 6) is -1.51. The number of carbonyl (C=O) groups excluding carboxylic acids is 2. The van der Waals surface area contributed by atoms with Gasteiger partial charge in [0.1, 0.15) is 32.2 Å². The molecule has 1 amide bonds. The third-order valence-electron chi connectivity index (χ3n) is 4.02. The number of hydrogen-bond acceptors (Lipinski definition) is 3. The van der Waals surface area contributed by atoms with Crippen molar-refractivity contribution in [1.29, 1.82) is 0 Å². The fourth-order valence-corrected chi connectivity index (χ4v) is 2.89. The van der Waals surface area contributed by atoms with E-state index in [9.17, 15) is 14.7 Å². The van der Waals surface area contributed by atoms with Crippen LogP contribution in [0.25, 0.3) is 0 Å². The molecule has 3 N–H and O–H groups in total. The normalized spacial score (nSPS) is 22.8. The Labute approximate surface area is 134 Å². The molecule has 1 aliphatic rings. The molecule has 0 bridgehead atoms. The van der Waals surface area contributed by atoms with Gasteiger partial charge in [-0.1, -0.05) is 17.7 Å². The number of likely N-dealkylation sites (N-methyl/N-ethyl adjacent to an activating group) is 1. The van der Waals surface area contributed by atoms with Gasteiger partial charge in [-0.15, -0.1) is 0 Å². The van der Waals surface area contributed by atoms with Crippen LogP contribution in [0.2, 0.25) is 5.02 Å². The molecule has 22 heavy (non-hydrogen) atoms. The van der Waals surface area contributed by atoms with E-state index in [1.54, 1.807) is 24.3 Å². The molecule has 1 aromatic carbocycles. The predicted molar refractivity (Wildman–Crippen MR) is 80.8 cm³/mol. The lowest BCUT2D eigenvalue weighted by molar-refractivity contribution is -1.01. The van der Waals surface area contributed by atoms with E-state index in [-0.39, 0.29) is 12.3 Å². The summed E-state index contributed by atoms with van der Waals surface area (Å²) in [5.41, 5.74) is 0.562. The van der Waals surface area contributed by atoms with E-state index in [1.807, 2.05) is 0 Å². The first-order valence-corrected chi connectivity index (χ1v) is 7.75. The van der Waals surface area contributed by atoms with Crippen LogP contribution in [0.1, 0.15) is 6.42 Å². The molecule has 1 fully saturated rings. The Bertz CT molecular complexity index is 545. The summed E-state index contributed by atoms with van der Waals surface area (Å²) in [4.78, 5) is 25.8. The van der Waals surface area contributed by atoms with E-state index < -0.39 is 12.0 Å². The first-order valence-electron chi connectivity index (χ1n) is 7.38. The number of hydrogen-bond donors (Lipinski definition) is 3. The van der Waals surface area contributed by atoms with Gasteiger partial charge in [0.05, 0.1) is 19.4 Å². The SMILES string of the molecule is C[NH+]1CC[NH+]([C@H](CC(=O)Nc2cccc(Cl)c2)C(=O)[O-])CC1. The van der Waals surface area contributed by atoms with Gasteiger partial charge in [-0.3, -0.25) is 4.79 Å². The molecule has 1 heterocycles. The minimum atomic E-state index is -1.17. The van der Waals surface area contributed by atoms with Crippen molar-refractivity contribution in [2.45, 2.75) is 12.5 Å². The summed E-state index contributed by atoms with van der Waals surface area (Å²) in [6, 6.07) is 5.96. The highest BCUT2D eigenvalue weighted by Gasteiger charge is 2.30. The van der Waals surface area contributed by atoms with Crippen molar-refractivity contribution in [1.82, 2.24) is 0 Å². The second-order valence-electron chi connectivity index (χ2n) is 5.75. The Morgan fingerprint density at radius 1 is 1.32 bits per heavy atom. The minimum absolute atomic E-state index is 0.0940. The number of nitrogens with one attached hydrogen (secondary N) is 3. The van der Waals surface area contributed by atoms with Gasteiger partial charge in [0.25, 0.3) is 0 Å². The maximum atomic E-state index is 12.1. The lowest BCUT2D eigenvalue weighted by Gasteiger charge is -2.33. The van der Waals surface area contributed by atoms with Crippen LogP contribution in [0, 0.1) is 0 Å². The van der Waals surface area contributed by atoms with Crippen LogP contribution in [0.15, 0.2) is 24.3 Å². The number of piperazine rings is 1. The smallest absolute Gasteiger partial charge is 0.230 e.